The summed E-state index contributed by atoms with van der Waals surface area (Å²) in [4.78, 5) is 16.4. The van der Waals surface area contributed by atoms with Crippen LogP contribution in [-0.2, 0) is 4.79 Å². The van der Waals surface area contributed by atoms with Crippen molar-refractivity contribution < 1.29 is 19.0 Å². The minimum Gasteiger partial charge on any atom is -0.497 e. The number of aromatic nitrogens is 2. The molecule has 1 aromatic heterocycles. The van der Waals surface area contributed by atoms with Gasteiger partial charge in [0.25, 0.3) is 5.91 Å². The Morgan fingerprint density at radius 3 is 2.27 bits per heavy atom. The first-order valence-electron chi connectivity index (χ1n) is 10.5. The number of benzene rings is 2. The van der Waals surface area contributed by atoms with E-state index in [4.69, 9.17) is 25.8 Å². The average Bonchev–Trinajstić information content (AvgIpc) is 2.88. The highest BCUT2D eigenvalue weighted by molar-refractivity contribution is 6.30. The van der Waals surface area contributed by atoms with Crippen LogP contribution in [0.4, 0.5) is 5.82 Å². The number of hydrogen-bond donors (Lipinski definition) is 0. The Balaban J connectivity index is 1.33. The van der Waals surface area contributed by atoms with Crippen molar-refractivity contribution in [3.05, 3.63) is 59.6 Å². The zero-order valence-electron chi connectivity index (χ0n) is 18.5. The van der Waals surface area contributed by atoms with Gasteiger partial charge in [-0.1, -0.05) is 11.6 Å². The number of carbonyl (C=O) groups excluding carboxylic acids is 1. The van der Waals surface area contributed by atoms with Crippen LogP contribution in [0.5, 0.6) is 17.2 Å². The van der Waals surface area contributed by atoms with Gasteiger partial charge < -0.3 is 24.0 Å². The number of methoxy groups -OCH3 is 2. The third-order valence-corrected chi connectivity index (χ3v) is 5.72. The van der Waals surface area contributed by atoms with Gasteiger partial charge in [-0.15, -0.1) is 10.2 Å². The second-order valence-electron chi connectivity index (χ2n) is 7.45. The van der Waals surface area contributed by atoms with Crippen LogP contribution in [0.1, 0.15) is 0 Å². The molecule has 0 atom stereocenters. The summed E-state index contributed by atoms with van der Waals surface area (Å²) in [6.45, 7) is 2.52. The van der Waals surface area contributed by atoms with Gasteiger partial charge in [-0.05, 0) is 54.6 Å². The first-order valence-corrected chi connectivity index (χ1v) is 10.9. The Morgan fingerprint density at radius 1 is 0.909 bits per heavy atom. The van der Waals surface area contributed by atoms with Crippen molar-refractivity contribution in [1.82, 2.24) is 15.1 Å². The molecule has 4 rings (SSSR count). The van der Waals surface area contributed by atoms with E-state index in [1.54, 1.807) is 43.4 Å². The molecule has 2 aromatic carbocycles. The van der Waals surface area contributed by atoms with Crippen LogP contribution < -0.4 is 19.1 Å². The summed E-state index contributed by atoms with van der Waals surface area (Å²) in [5, 5.41) is 9.43. The van der Waals surface area contributed by atoms with Gasteiger partial charge in [-0.25, -0.2) is 0 Å². The number of amides is 1. The maximum Gasteiger partial charge on any atom is 0.260 e. The Morgan fingerprint density at radius 2 is 1.64 bits per heavy atom. The van der Waals surface area contributed by atoms with Crippen LogP contribution in [0.25, 0.3) is 11.3 Å². The Bertz CT molecular complexity index is 1080. The summed E-state index contributed by atoms with van der Waals surface area (Å²) >= 11 is 5.87. The average molecular weight is 469 g/mol. The minimum atomic E-state index is -0.0452. The lowest BCUT2D eigenvalue weighted by Crippen LogP contribution is -2.50. The van der Waals surface area contributed by atoms with E-state index in [-0.39, 0.29) is 12.5 Å². The third-order valence-electron chi connectivity index (χ3n) is 5.47. The largest absolute Gasteiger partial charge is 0.497 e. The van der Waals surface area contributed by atoms with Crippen LogP contribution in [0.2, 0.25) is 5.02 Å². The van der Waals surface area contributed by atoms with E-state index < -0.39 is 0 Å². The fraction of sp³-hybridized carbons (Fsp3) is 0.292. The van der Waals surface area contributed by atoms with Crippen LogP contribution in [0.15, 0.2) is 54.6 Å². The zero-order chi connectivity index (χ0) is 23.2. The smallest absolute Gasteiger partial charge is 0.260 e. The van der Waals surface area contributed by atoms with E-state index in [2.05, 4.69) is 15.1 Å². The van der Waals surface area contributed by atoms with E-state index in [0.29, 0.717) is 48.4 Å². The number of ether oxygens (including phenoxy) is 3. The topological polar surface area (TPSA) is 77.0 Å². The van der Waals surface area contributed by atoms with Gasteiger partial charge >= 0.3 is 0 Å². The maximum absolute atomic E-state index is 12.5. The standard InChI is InChI=1S/C24H25ClN4O4/c1-31-19-7-9-22(32-2)20(15-19)21-8-10-23(27-26-21)28-11-13-29(14-12-28)24(30)16-33-18-5-3-17(25)4-6-18/h3-10,15H,11-14,16H2,1-2H3. The molecule has 9 heteroatoms. The Kier molecular flexibility index (Phi) is 7.14. The summed E-state index contributed by atoms with van der Waals surface area (Å²) in [7, 11) is 3.24. The number of piperazine rings is 1. The predicted molar refractivity (Wildman–Crippen MR) is 126 cm³/mol. The lowest BCUT2D eigenvalue weighted by molar-refractivity contribution is -0.133. The molecule has 8 nitrogen and oxygen atoms in total. The predicted octanol–water partition coefficient (Wildman–Crippen LogP) is 3.54. The molecule has 0 radical (unpaired) electrons. The molecule has 1 aliphatic rings. The summed E-state index contributed by atoms with van der Waals surface area (Å²) in [5.41, 5.74) is 1.51. The zero-order valence-corrected chi connectivity index (χ0v) is 19.3. The first kappa shape index (κ1) is 22.7. The number of hydrogen-bond acceptors (Lipinski definition) is 7. The van der Waals surface area contributed by atoms with Gasteiger partial charge in [0.05, 0.1) is 19.9 Å². The van der Waals surface area contributed by atoms with Crippen LogP contribution in [-0.4, -0.2) is 68.0 Å². The molecule has 0 bridgehead atoms. The number of rotatable bonds is 7. The van der Waals surface area contributed by atoms with E-state index in [1.165, 1.54) is 0 Å². The molecule has 33 heavy (non-hydrogen) atoms. The fourth-order valence-corrected chi connectivity index (χ4v) is 3.73. The summed E-state index contributed by atoms with van der Waals surface area (Å²) < 4.78 is 16.3. The van der Waals surface area contributed by atoms with Crippen molar-refractivity contribution in [3.8, 4) is 28.5 Å². The van der Waals surface area contributed by atoms with Gasteiger partial charge in [-0.3, -0.25) is 4.79 Å². The maximum atomic E-state index is 12.5. The molecule has 0 saturated carbocycles. The monoisotopic (exact) mass is 468 g/mol. The molecule has 0 spiro atoms. The van der Waals surface area contributed by atoms with Crippen LogP contribution in [0.3, 0.4) is 0 Å². The molecule has 3 aromatic rings. The molecule has 1 fully saturated rings. The molecule has 172 valence electrons. The van der Waals surface area contributed by atoms with Crippen molar-refractivity contribution >= 4 is 23.3 Å². The normalized spacial score (nSPS) is 13.5. The van der Waals surface area contributed by atoms with Crippen LogP contribution in [0, 0.1) is 0 Å². The highest BCUT2D eigenvalue weighted by Gasteiger charge is 2.22. The summed E-state index contributed by atoms with van der Waals surface area (Å²) in [6.07, 6.45) is 0. The van der Waals surface area contributed by atoms with E-state index in [0.717, 1.165) is 17.1 Å². The van der Waals surface area contributed by atoms with Gasteiger partial charge in [0, 0.05) is 36.8 Å². The van der Waals surface area contributed by atoms with Gasteiger partial charge in [0.15, 0.2) is 12.4 Å². The summed E-state index contributed by atoms with van der Waals surface area (Å²) in [5.74, 6) is 2.76. The van der Waals surface area contributed by atoms with E-state index in [9.17, 15) is 4.79 Å². The molecule has 2 heterocycles. The molecule has 0 N–H and O–H groups in total. The molecular formula is C24H25ClN4O4. The van der Waals surface area contributed by atoms with Gasteiger partial charge in [-0.2, -0.15) is 0 Å². The highest BCUT2D eigenvalue weighted by atomic mass is 35.5. The second-order valence-corrected chi connectivity index (χ2v) is 7.89. The van der Waals surface area contributed by atoms with E-state index in [1.807, 2.05) is 30.3 Å². The molecule has 0 aliphatic carbocycles. The van der Waals surface area contributed by atoms with Gasteiger partial charge in [0.2, 0.25) is 0 Å². The molecule has 1 aliphatic heterocycles. The minimum absolute atomic E-state index is 0.00148. The van der Waals surface area contributed by atoms with Crippen molar-refractivity contribution in [2.24, 2.45) is 0 Å². The third kappa shape index (κ3) is 5.46. The molecule has 0 unspecified atom stereocenters. The summed E-state index contributed by atoms with van der Waals surface area (Å²) in [6, 6.07) is 16.4. The van der Waals surface area contributed by atoms with Crippen molar-refractivity contribution in [3.63, 3.8) is 0 Å². The number of halogens is 1. The van der Waals surface area contributed by atoms with Crippen molar-refractivity contribution in [1.29, 1.82) is 0 Å². The number of nitrogens with zero attached hydrogens (tertiary/aromatic N) is 4. The fourth-order valence-electron chi connectivity index (χ4n) is 3.60. The molecule has 1 amide bonds. The Labute approximate surface area is 197 Å². The van der Waals surface area contributed by atoms with E-state index >= 15 is 0 Å². The SMILES string of the molecule is COc1ccc(OC)c(-c2ccc(N3CCN(C(=O)COc4ccc(Cl)cc4)CC3)nn2)c1. The second kappa shape index (κ2) is 10.4. The quantitative estimate of drug-likeness (QED) is 0.524. The van der Waals surface area contributed by atoms with Crippen LogP contribution >= 0.6 is 11.6 Å². The van der Waals surface area contributed by atoms with Crippen molar-refractivity contribution in [2.45, 2.75) is 0 Å². The Hall–Kier alpha value is -3.52. The first-order chi connectivity index (χ1) is 16.1. The number of carbonyl (C=O) groups is 1. The number of anilines is 1. The molecule has 1 saturated heterocycles. The lowest BCUT2D eigenvalue weighted by atomic mass is 10.1. The van der Waals surface area contributed by atoms with Crippen molar-refractivity contribution in [2.75, 3.05) is 51.9 Å². The highest BCUT2D eigenvalue weighted by Crippen LogP contribution is 2.32. The lowest BCUT2D eigenvalue weighted by Gasteiger charge is -2.35. The molecular weight excluding hydrogens is 444 g/mol. The van der Waals surface area contributed by atoms with Gasteiger partial charge in [0.1, 0.15) is 17.2 Å².